The molecule has 164 valence electrons. The van der Waals surface area contributed by atoms with Crippen LogP contribution in [0, 0.1) is 0 Å². The summed E-state index contributed by atoms with van der Waals surface area (Å²) in [4.78, 5) is 11.1. The summed E-state index contributed by atoms with van der Waals surface area (Å²) in [5.74, 6) is -1.71. The number of carboxylic acids is 1. The van der Waals surface area contributed by atoms with Crippen LogP contribution in [0.15, 0.2) is 0 Å². The molecule has 2 saturated heterocycles. The highest BCUT2D eigenvalue weighted by Crippen LogP contribution is 2.29. The average Bonchev–Trinajstić information content (AvgIpc) is 2.59. The van der Waals surface area contributed by atoms with E-state index in [4.69, 9.17) is 23.9 Å². The maximum absolute atomic E-state index is 11.1. The van der Waals surface area contributed by atoms with Crippen molar-refractivity contribution in [3.8, 4) is 0 Å². The molecule has 16 heteroatoms. The van der Waals surface area contributed by atoms with Crippen LogP contribution < -0.4 is 0 Å². The zero-order chi connectivity index (χ0) is 21.4. The first-order valence-corrected chi connectivity index (χ1v) is 9.09. The molecule has 2 heterocycles. The van der Waals surface area contributed by atoms with Crippen molar-refractivity contribution in [2.75, 3.05) is 6.61 Å². The van der Waals surface area contributed by atoms with Gasteiger partial charge < -0.3 is 50.0 Å². The minimum absolute atomic E-state index is 1.00. The van der Waals surface area contributed by atoms with Crippen LogP contribution in [0.2, 0.25) is 0 Å². The number of rotatable bonds is 6. The van der Waals surface area contributed by atoms with Crippen molar-refractivity contribution in [1.82, 2.24) is 0 Å². The molecule has 10 atom stereocenters. The summed E-state index contributed by atoms with van der Waals surface area (Å²) in [5, 5.41) is 68.0. The minimum Gasteiger partial charge on any atom is -0.479 e. The zero-order valence-electron chi connectivity index (χ0n) is 13.8. The first-order valence-electron chi connectivity index (χ1n) is 7.73. The van der Waals surface area contributed by atoms with Crippen LogP contribution in [-0.4, -0.2) is 123 Å². The van der Waals surface area contributed by atoms with Crippen molar-refractivity contribution in [1.29, 1.82) is 0 Å². The normalized spacial score (nSPS) is 45.0. The Bertz CT molecular complexity index is 653. The minimum atomic E-state index is -4.93. The van der Waals surface area contributed by atoms with Gasteiger partial charge in [-0.25, -0.2) is 8.98 Å². The van der Waals surface area contributed by atoms with Gasteiger partial charge in [0.15, 0.2) is 18.7 Å². The standard InChI is InChI=1S/C12H20O15S/c13-3-2(1-24-28(21,22)23)25-11(20)7(17)8(3)26-12-6(16)4(14)5(15)9(27-12)10(18)19/h2-9,11-17,20H,1H2,(H,18,19)(H,21,22,23)/t2-,3-,4+,5+,6-,7-,8+,9+,11-,12?/m1/s1. The van der Waals surface area contributed by atoms with Crippen LogP contribution in [0.4, 0.5) is 0 Å². The third-order valence-electron chi connectivity index (χ3n) is 4.15. The van der Waals surface area contributed by atoms with E-state index in [1.165, 1.54) is 0 Å². The van der Waals surface area contributed by atoms with Crippen molar-refractivity contribution in [2.24, 2.45) is 0 Å². The predicted octanol–water partition coefficient (Wildman–Crippen LogP) is -5.48. The summed E-state index contributed by atoms with van der Waals surface area (Å²) < 4.78 is 48.5. The summed E-state index contributed by atoms with van der Waals surface area (Å²) in [6.45, 7) is -1.00. The second-order valence-electron chi connectivity index (χ2n) is 6.09. The largest absolute Gasteiger partial charge is 0.479 e. The van der Waals surface area contributed by atoms with Gasteiger partial charge in [0.05, 0.1) is 6.61 Å². The molecule has 2 fully saturated rings. The maximum Gasteiger partial charge on any atom is 0.397 e. The summed E-state index contributed by atoms with van der Waals surface area (Å²) >= 11 is 0. The number of carbonyl (C=O) groups is 1. The highest BCUT2D eigenvalue weighted by molar-refractivity contribution is 7.80. The van der Waals surface area contributed by atoms with E-state index in [0.717, 1.165) is 0 Å². The quantitative estimate of drug-likeness (QED) is 0.181. The molecule has 0 aliphatic carbocycles. The van der Waals surface area contributed by atoms with Crippen LogP contribution >= 0.6 is 0 Å². The van der Waals surface area contributed by atoms with E-state index in [1.54, 1.807) is 0 Å². The molecule has 28 heavy (non-hydrogen) atoms. The first kappa shape index (κ1) is 23.3. The van der Waals surface area contributed by atoms with E-state index in [9.17, 15) is 43.9 Å². The molecular formula is C12H20O15S. The van der Waals surface area contributed by atoms with Gasteiger partial charge in [-0.3, -0.25) is 4.55 Å². The first-order chi connectivity index (χ1) is 12.8. The molecule has 2 aliphatic heterocycles. The van der Waals surface area contributed by atoms with Crippen molar-refractivity contribution < 1.29 is 71.9 Å². The summed E-state index contributed by atoms with van der Waals surface area (Å²) in [6.07, 6.45) is -19.5. The van der Waals surface area contributed by atoms with Gasteiger partial charge in [0, 0.05) is 0 Å². The van der Waals surface area contributed by atoms with E-state index in [-0.39, 0.29) is 0 Å². The van der Waals surface area contributed by atoms with Crippen molar-refractivity contribution >= 4 is 16.4 Å². The summed E-state index contributed by atoms with van der Waals surface area (Å²) in [7, 11) is -4.93. The molecule has 0 aromatic rings. The van der Waals surface area contributed by atoms with Gasteiger partial charge in [-0.1, -0.05) is 0 Å². The molecule has 2 aliphatic rings. The topological polar surface area (TPSA) is 250 Å². The maximum atomic E-state index is 11.1. The molecule has 0 amide bonds. The molecule has 8 N–H and O–H groups in total. The van der Waals surface area contributed by atoms with Crippen molar-refractivity contribution in [3.63, 3.8) is 0 Å². The van der Waals surface area contributed by atoms with Crippen LogP contribution in [0.3, 0.4) is 0 Å². The highest BCUT2D eigenvalue weighted by Gasteiger charge is 2.52. The Labute approximate surface area is 157 Å². The molecular weight excluding hydrogens is 416 g/mol. The number of aliphatic carboxylic acids is 1. The van der Waals surface area contributed by atoms with Crippen LogP contribution in [0.1, 0.15) is 0 Å². The number of hydrogen-bond acceptors (Lipinski definition) is 13. The second-order valence-corrected chi connectivity index (χ2v) is 7.19. The number of ether oxygens (including phenoxy) is 3. The lowest BCUT2D eigenvalue weighted by molar-refractivity contribution is -0.351. The smallest absolute Gasteiger partial charge is 0.397 e. The van der Waals surface area contributed by atoms with E-state index in [2.05, 4.69) is 4.18 Å². The Hall–Kier alpha value is -1.02. The lowest BCUT2D eigenvalue weighted by Crippen LogP contribution is -2.65. The lowest BCUT2D eigenvalue weighted by atomic mass is 9.97. The van der Waals surface area contributed by atoms with Crippen LogP contribution in [0.5, 0.6) is 0 Å². The van der Waals surface area contributed by atoms with E-state index >= 15 is 0 Å². The average molecular weight is 436 g/mol. The van der Waals surface area contributed by atoms with Crippen molar-refractivity contribution in [2.45, 2.75) is 61.4 Å². The highest BCUT2D eigenvalue weighted by atomic mass is 32.3. The third-order valence-corrected chi connectivity index (χ3v) is 4.58. The number of hydrogen-bond donors (Lipinski definition) is 8. The Balaban J connectivity index is 2.15. The molecule has 0 aromatic heterocycles. The molecule has 0 spiro atoms. The van der Waals surface area contributed by atoms with Gasteiger partial charge in [0.25, 0.3) is 0 Å². The Morgan fingerprint density at radius 1 is 0.893 bits per heavy atom. The monoisotopic (exact) mass is 436 g/mol. The van der Waals surface area contributed by atoms with Gasteiger partial charge in [0.2, 0.25) is 0 Å². The third kappa shape index (κ3) is 5.12. The van der Waals surface area contributed by atoms with E-state index < -0.39 is 84.4 Å². The Kier molecular flexibility index (Phi) is 7.29. The SMILES string of the molecule is O=C(O)[C@H]1OC(O[C@@H]2[C@@H](O)[C@H](O)O[C@H](COS(=O)(=O)O)[C@H]2O)[C@H](O)[C@@H](O)[C@@H]1O. The lowest BCUT2D eigenvalue weighted by Gasteiger charge is -2.44. The van der Waals surface area contributed by atoms with Gasteiger partial charge in [0.1, 0.15) is 42.7 Å². The fourth-order valence-electron chi connectivity index (χ4n) is 2.69. The fraction of sp³-hybridized carbons (Fsp3) is 0.917. The molecule has 0 aromatic carbocycles. The summed E-state index contributed by atoms with van der Waals surface area (Å²) in [6, 6.07) is 0. The molecule has 0 saturated carbocycles. The molecule has 0 radical (unpaired) electrons. The number of carboxylic acid groups (broad SMARTS) is 1. The number of aliphatic hydroxyl groups is 6. The second kappa shape index (κ2) is 8.78. The molecule has 2 rings (SSSR count). The summed E-state index contributed by atoms with van der Waals surface area (Å²) in [5.41, 5.74) is 0. The van der Waals surface area contributed by atoms with E-state index in [1.807, 2.05) is 0 Å². The Morgan fingerprint density at radius 2 is 1.50 bits per heavy atom. The Morgan fingerprint density at radius 3 is 2.04 bits per heavy atom. The van der Waals surface area contributed by atoms with Gasteiger partial charge in [-0.05, 0) is 0 Å². The van der Waals surface area contributed by atoms with Crippen LogP contribution in [0.25, 0.3) is 0 Å². The van der Waals surface area contributed by atoms with Gasteiger partial charge in [-0.2, -0.15) is 8.42 Å². The van der Waals surface area contributed by atoms with Crippen LogP contribution in [-0.2, 0) is 33.6 Å². The van der Waals surface area contributed by atoms with Gasteiger partial charge in [-0.15, -0.1) is 0 Å². The zero-order valence-corrected chi connectivity index (χ0v) is 14.6. The van der Waals surface area contributed by atoms with Gasteiger partial charge >= 0.3 is 16.4 Å². The molecule has 15 nitrogen and oxygen atoms in total. The predicted molar refractivity (Wildman–Crippen MR) is 79.6 cm³/mol. The number of aliphatic hydroxyl groups excluding tert-OH is 6. The molecule has 1 unspecified atom stereocenters. The van der Waals surface area contributed by atoms with E-state index in [0.29, 0.717) is 0 Å². The van der Waals surface area contributed by atoms with Crippen molar-refractivity contribution in [3.05, 3.63) is 0 Å². The fourth-order valence-corrected chi connectivity index (χ4v) is 2.99. The molecule has 0 bridgehead atoms.